The molecule has 5 aliphatic carbocycles. The van der Waals surface area contributed by atoms with Crippen molar-refractivity contribution < 1.29 is 14.7 Å². The minimum Gasteiger partial charge on any atom is -0.480 e. The second-order valence-corrected chi connectivity index (χ2v) is 14.4. The Morgan fingerprint density at radius 3 is 2.41 bits per heavy atom. The number of carbonyl (C=O) groups is 2. The van der Waals surface area contributed by atoms with E-state index in [-0.39, 0.29) is 16.7 Å². The quantitative estimate of drug-likeness (QED) is 0.295. The topological polar surface area (TPSA) is 80.4 Å². The molecule has 5 unspecified atom stereocenters. The van der Waals surface area contributed by atoms with E-state index < -0.39 is 17.4 Å². The molecule has 5 atom stereocenters. The van der Waals surface area contributed by atoms with Crippen LogP contribution < -0.4 is 5.73 Å². The Kier molecular flexibility index (Phi) is 6.59. The number of aliphatic carboxylic acids is 1. The number of hydrogen-bond donors (Lipinski definition) is 2. The van der Waals surface area contributed by atoms with Gasteiger partial charge in [0.25, 0.3) is 0 Å². The molecule has 0 amide bonds. The first-order valence-corrected chi connectivity index (χ1v) is 15.3. The Labute approximate surface area is 226 Å². The largest absolute Gasteiger partial charge is 0.480 e. The zero-order valence-corrected chi connectivity index (χ0v) is 23.9. The van der Waals surface area contributed by atoms with Gasteiger partial charge in [0.05, 0.1) is 0 Å². The summed E-state index contributed by atoms with van der Waals surface area (Å²) in [5.74, 6) is 0.804. The molecule has 3 N–H and O–H groups in total. The van der Waals surface area contributed by atoms with Crippen LogP contribution in [-0.4, -0.2) is 34.9 Å². The Hall–Kier alpha value is -1.85. The molecule has 200 valence electrons. The molecule has 6 rings (SSSR count). The van der Waals surface area contributed by atoms with Crippen molar-refractivity contribution in [1.29, 1.82) is 0 Å². The van der Waals surface area contributed by atoms with Gasteiger partial charge >= 0.3 is 5.97 Å². The number of carbonyl (C=O) groups excluding carboxylic acids is 1. The van der Waals surface area contributed by atoms with E-state index in [1.807, 2.05) is 6.26 Å². The molecule has 5 heteroatoms. The molecule has 0 heterocycles. The van der Waals surface area contributed by atoms with Gasteiger partial charge < -0.3 is 15.6 Å². The third kappa shape index (κ3) is 3.98. The molecule has 0 radical (unpaired) electrons. The molecule has 0 aliphatic heterocycles. The average Bonchev–Trinajstić information content (AvgIpc) is 3.16. The van der Waals surface area contributed by atoms with E-state index >= 15 is 0 Å². The first-order valence-electron chi connectivity index (χ1n) is 14.0. The molecule has 1 aromatic rings. The van der Waals surface area contributed by atoms with Crippen LogP contribution in [0.3, 0.4) is 0 Å². The Morgan fingerprint density at radius 1 is 1.24 bits per heavy atom. The molecule has 4 bridgehead atoms. The number of allylic oxidation sites excluding steroid dienone is 2. The van der Waals surface area contributed by atoms with E-state index in [0.717, 1.165) is 24.8 Å². The van der Waals surface area contributed by atoms with Crippen LogP contribution in [-0.2, 0) is 15.0 Å². The number of fused-ring (bicyclic) bond motifs is 1. The fourth-order valence-electron chi connectivity index (χ4n) is 8.98. The van der Waals surface area contributed by atoms with Gasteiger partial charge in [-0.3, -0.25) is 0 Å². The SMILES string of the molecule is C=C1C(CC)=Cc2cc(C(C)(C)C)cc(C3C4CC5CC(C4)CC3(C(CSC)C(N)(C=O)C(=O)O)C5)c21. The van der Waals surface area contributed by atoms with Crippen molar-refractivity contribution in [3.05, 3.63) is 46.5 Å². The highest BCUT2D eigenvalue weighted by Gasteiger charge is 2.65. The lowest BCUT2D eigenvalue weighted by molar-refractivity contribution is -0.160. The van der Waals surface area contributed by atoms with Crippen molar-refractivity contribution in [3.63, 3.8) is 0 Å². The summed E-state index contributed by atoms with van der Waals surface area (Å²) in [6, 6.07) is 4.76. The van der Waals surface area contributed by atoms with Crippen LogP contribution >= 0.6 is 11.8 Å². The van der Waals surface area contributed by atoms with Gasteiger partial charge in [0.1, 0.15) is 0 Å². The van der Waals surface area contributed by atoms with Gasteiger partial charge in [-0.05, 0) is 118 Å². The van der Waals surface area contributed by atoms with E-state index in [0.29, 0.717) is 29.8 Å². The van der Waals surface area contributed by atoms with E-state index in [9.17, 15) is 14.7 Å². The molecule has 4 saturated carbocycles. The van der Waals surface area contributed by atoms with Crippen molar-refractivity contribution in [1.82, 2.24) is 0 Å². The van der Waals surface area contributed by atoms with Crippen LogP contribution in [0.1, 0.15) is 94.4 Å². The molecule has 1 aromatic carbocycles. The van der Waals surface area contributed by atoms with Crippen LogP contribution in [0, 0.1) is 29.1 Å². The first-order chi connectivity index (χ1) is 17.4. The lowest BCUT2D eigenvalue weighted by Crippen LogP contribution is -2.66. The average molecular weight is 522 g/mol. The van der Waals surface area contributed by atoms with E-state index in [1.54, 1.807) is 11.8 Å². The molecule has 37 heavy (non-hydrogen) atoms. The van der Waals surface area contributed by atoms with Crippen molar-refractivity contribution in [3.8, 4) is 0 Å². The fraction of sp³-hybridized carbons (Fsp3) is 0.625. The van der Waals surface area contributed by atoms with Gasteiger partial charge in [0.2, 0.25) is 0 Å². The summed E-state index contributed by atoms with van der Waals surface area (Å²) in [6.45, 7) is 13.5. The first kappa shape index (κ1) is 26.7. The van der Waals surface area contributed by atoms with Gasteiger partial charge in [-0.1, -0.05) is 52.5 Å². The summed E-state index contributed by atoms with van der Waals surface area (Å²) >= 11 is 1.62. The van der Waals surface area contributed by atoms with Gasteiger partial charge in [0.15, 0.2) is 11.8 Å². The highest BCUT2D eigenvalue weighted by molar-refractivity contribution is 7.98. The highest BCUT2D eigenvalue weighted by atomic mass is 32.2. The molecule has 0 spiro atoms. The minimum atomic E-state index is -1.89. The van der Waals surface area contributed by atoms with E-state index in [4.69, 9.17) is 5.73 Å². The van der Waals surface area contributed by atoms with Gasteiger partial charge in [-0.25, -0.2) is 4.79 Å². The number of hydrogen-bond acceptors (Lipinski definition) is 4. The second-order valence-electron chi connectivity index (χ2n) is 13.5. The zero-order chi connectivity index (χ0) is 26.9. The lowest BCUT2D eigenvalue weighted by atomic mass is 9.39. The van der Waals surface area contributed by atoms with Crippen LogP contribution in [0.25, 0.3) is 11.6 Å². The number of aldehydes is 1. The molecule has 4 nitrogen and oxygen atoms in total. The maximum Gasteiger partial charge on any atom is 0.331 e. The zero-order valence-electron chi connectivity index (χ0n) is 23.1. The third-order valence-corrected chi connectivity index (χ3v) is 11.0. The third-order valence-electron chi connectivity index (χ3n) is 10.3. The normalized spacial score (nSPS) is 32.6. The van der Waals surface area contributed by atoms with E-state index in [1.165, 1.54) is 47.1 Å². The van der Waals surface area contributed by atoms with Gasteiger partial charge in [0, 0.05) is 5.92 Å². The van der Waals surface area contributed by atoms with Crippen LogP contribution in [0.15, 0.2) is 24.3 Å². The van der Waals surface area contributed by atoms with Crippen molar-refractivity contribution in [2.45, 2.75) is 83.1 Å². The summed E-state index contributed by atoms with van der Waals surface area (Å²) in [5, 5.41) is 10.3. The van der Waals surface area contributed by atoms with Crippen molar-refractivity contribution in [2.75, 3.05) is 12.0 Å². The molecule has 5 aliphatic rings. The monoisotopic (exact) mass is 521 g/mol. The lowest BCUT2D eigenvalue weighted by Gasteiger charge is -2.65. The predicted octanol–water partition coefficient (Wildman–Crippen LogP) is 6.67. The Balaban J connectivity index is 1.77. The summed E-state index contributed by atoms with van der Waals surface area (Å²) in [6.07, 6.45) is 11.3. The summed E-state index contributed by atoms with van der Waals surface area (Å²) in [4.78, 5) is 25.1. The maximum atomic E-state index is 12.6. The minimum absolute atomic E-state index is 0.0207. The number of benzene rings is 1. The summed E-state index contributed by atoms with van der Waals surface area (Å²) < 4.78 is 0. The van der Waals surface area contributed by atoms with Crippen molar-refractivity contribution in [2.24, 2.45) is 34.8 Å². The Bertz CT molecular complexity index is 1160. The molecule has 4 fully saturated rings. The second kappa shape index (κ2) is 9.12. The molecular formula is C32H43NO3S. The molecular weight excluding hydrogens is 478 g/mol. The smallest absolute Gasteiger partial charge is 0.331 e. The van der Waals surface area contributed by atoms with E-state index in [2.05, 4.69) is 52.5 Å². The van der Waals surface area contributed by atoms with Crippen LogP contribution in [0.2, 0.25) is 0 Å². The van der Waals surface area contributed by atoms with Crippen molar-refractivity contribution >= 4 is 35.7 Å². The Morgan fingerprint density at radius 2 is 1.89 bits per heavy atom. The van der Waals surface area contributed by atoms with Crippen LogP contribution in [0.4, 0.5) is 0 Å². The molecule has 0 aromatic heterocycles. The van der Waals surface area contributed by atoms with Crippen LogP contribution in [0.5, 0.6) is 0 Å². The number of carboxylic acids is 1. The van der Waals surface area contributed by atoms with Gasteiger partial charge in [-0.2, -0.15) is 11.8 Å². The standard InChI is InChI=1S/C32H43NO3S/c1-7-21-11-22-12-24(30(3,4)5)13-25(27(22)18(21)2)28-23-9-19-8-20(10-23)15-31(28,14-19)26(16-37-6)32(33,17-34)29(35)36/h11-13,17,19-20,23,26,28H,2,7-10,14-16,33H2,1,3-6H3,(H,35,36). The highest BCUT2D eigenvalue weighted by Crippen LogP contribution is 2.70. The fourth-order valence-corrected chi connectivity index (χ4v) is 9.92. The summed E-state index contributed by atoms with van der Waals surface area (Å²) in [5.41, 5.74) is 11.9. The molecule has 0 saturated heterocycles. The number of carboxylic acid groups (broad SMARTS) is 1. The maximum absolute atomic E-state index is 12.6. The van der Waals surface area contributed by atoms with Gasteiger partial charge in [-0.15, -0.1) is 0 Å². The number of nitrogens with two attached hydrogens (primary N) is 1. The summed E-state index contributed by atoms with van der Waals surface area (Å²) in [7, 11) is 0. The predicted molar refractivity (Wildman–Crippen MR) is 154 cm³/mol. The number of thioether (sulfide) groups is 1. The number of rotatable bonds is 8.